The first-order valence-corrected chi connectivity index (χ1v) is 7.21. The van der Waals surface area contributed by atoms with Crippen LogP contribution < -0.4 is 9.47 Å². The Labute approximate surface area is 131 Å². The number of aromatic carboxylic acids is 1. The van der Waals surface area contributed by atoms with Gasteiger partial charge in [-0.1, -0.05) is 18.2 Å². The fourth-order valence-corrected chi connectivity index (χ4v) is 2.87. The quantitative estimate of drug-likeness (QED) is 0.805. The van der Waals surface area contributed by atoms with Gasteiger partial charge in [0.05, 0.1) is 23.1 Å². The summed E-state index contributed by atoms with van der Waals surface area (Å²) in [7, 11) is 0. The molecular weight excluding hydrogens is 296 g/mol. The summed E-state index contributed by atoms with van der Waals surface area (Å²) in [6, 6.07) is 10.7. The maximum atomic E-state index is 11.4. The van der Waals surface area contributed by atoms with E-state index in [9.17, 15) is 9.90 Å². The Kier molecular flexibility index (Phi) is 2.97. The molecule has 0 bridgehead atoms. The largest absolute Gasteiger partial charge is 0.478 e. The maximum Gasteiger partial charge on any atom is 0.336 e. The highest BCUT2D eigenvalue weighted by Crippen LogP contribution is 2.36. The van der Waals surface area contributed by atoms with Gasteiger partial charge in [0.2, 0.25) is 6.79 Å². The number of carboxylic acids is 1. The zero-order chi connectivity index (χ0) is 16.0. The second-order valence-electron chi connectivity index (χ2n) is 5.40. The highest BCUT2D eigenvalue weighted by molar-refractivity contribution is 5.89. The van der Waals surface area contributed by atoms with Gasteiger partial charge in [-0.3, -0.25) is 0 Å². The normalized spacial score (nSPS) is 12.7. The summed E-state index contributed by atoms with van der Waals surface area (Å²) in [5, 5.41) is 9.34. The molecule has 2 aromatic carbocycles. The molecule has 0 fully saturated rings. The number of carbonyl (C=O) groups is 1. The van der Waals surface area contributed by atoms with Crippen molar-refractivity contribution in [3.05, 3.63) is 53.3 Å². The van der Waals surface area contributed by atoms with E-state index < -0.39 is 5.97 Å². The topological polar surface area (TPSA) is 73.6 Å². The first-order chi connectivity index (χ1) is 11.1. The van der Waals surface area contributed by atoms with Gasteiger partial charge in [0, 0.05) is 12.1 Å². The van der Waals surface area contributed by atoms with E-state index in [0.29, 0.717) is 23.6 Å². The monoisotopic (exact) mass is 310 g/mol. The summed E-state index contributed by atoms with van der Waals surface area (Å²) in [6.07, 6.45) is 0. The molecule has 6 nitrogen and oxygen atoms in total. The van der Waals surface area contributed by atoms with Crippen molar-refractivity contribution in [3.8, 4) is 11.5 Å². The fraction of sp³-hybridized carbons (Fsp3) is 0.176. The fourth-order valence-electron chi connectivity index (χ4n) is 2.87. The summed E-state index contributed by atoms with van der Waals surface area (Å²) in [5.74, 6) is 1.25. The number of aromatic nitrogens is 2. The molecule has 0 saturated heterocycles. The molecule has 1 aliphatic heterocycles. The molecule has 3 aromatic rings. The first-order valence-electron chi connectivity index (χ1n) is 7.21. The Hall–Kier alpha value is -3.02. The van der Waals surface area contributed by atoms with Gasteiger partial charge in [-0.25, -0.2) is 9.78 Å². The van der Waals surface area contributed by atoms with Crippen molar-refractivity contribution >= 4 is 17.0 Å². The Morgan fingerprint density at radius 3 is 2.78 bits per heavy atom. The summed E-state index contributed by atoms with van der Waals surface area (Å²) < 4.78 is 12.8. The zero-order valence-electron chi connectivity index (χ0n) is 12.4. The van der Waals surface area contributed by atoms with Crippen LogP contribution >= 0.6 is 0 Å². The highest BCUT2D eigenvalue weighted by atomic mass is 16.7. The Balaban J connectivity index is 1.83. The minimum Gasteiger partial charge on any atom is -0.478 e. The molecular formula is C17H14N2O4. The van der Waals surface area contributed by atoms with E-state index in [2.05, 4.69) is 4.98 Å². The lowest BCUT2D eigenvalue weighted by atomic mass is 10.1. The van der Waals surface area contributed by atoms with Gasteiger partial charge < -0.3 is 19.1 Å². The third kappa shape index (κ3) is 2.19. The second kappa shape index (κ2) is 5.01. The van der Waals surface area contributed by atoms with E-state index in [1.807, 2.05) is 35.8 Å². The molecule has 0 unspecified atom stereocenters. The molecule has 0 atom stereocenters. The van der Waals surface area contributed by atoms with Gasteiger partial charge in [-0.2, -0.15) is 0 Å². The van der Waals surface area contributed by atoms with Gasteiger partial charge >= 0.3 is 5.97 Å². The van der Waals surface area contributed by atoms with Crippen LogP contribution in [-0.4, -0.2) is 27.4 Å². The molecule has 6 heteroatoms. The standard InChI is InChI=1S/C17H14N2O4/c1-10-18-13-6-15-16(23-9-22-15)7-14(13)19(10)8-11-4-2-3-5-12(11)17(20)21/h2-7H,8-9H2,1H3,(H,20,21). The number of hydrogen-bond donors (Lipinski definition) is 1. The van der Waals surface area contributed by atoms with Crippen molar-refractivity contribution in [1.29, 1.82) is 0 Å². The molecule has 23 heavy (non-hydrogen) atoms. The van der Waals surface area contributed by atoms with Crippen LogP contribution in [0.1, 0.15) is 21.7 Å². The van der Waals surface area contributed by atoms with E-state index in [-0.39, 0.29) is 6.79 Å². The van der Waals surface area contributed by atoms with Crippen LogP contribution in [0.5, 0.6) is 11.5 Å². The molecule has 4 rings (SSSR count). The number of imidazole rings is 1. The van der Waals surface area contributed by atoms with E-state index in [1.165, 1.54) is 0 Å². The number of aryl methyl sites for hydroxylation is 1. The number of carboxylic acid groups (broad SMARTS) is 1. The van der Waals surface area contributed by atoms with E-state index >= 15 is 0 Å². The smallest absolute Gasteiger partial charge is 0.336 e. The maximum absolute atomic E-state index is 11.4. The Morgan fingerprint density at radius 2 is 2.00 bits per heavy atom. The van der Waals surface area contributed by atoms with Crippen LogP contribution in [0.2, 0.25) is 0 Å². The summed E-state index contributed by atoms with van der Waals surface area (Å²) in [4.78, 5) is 15.9. The predicted octanol–water partition coefficient (Wildman–Crippen LogP) is 2.82. The number of benzene rings is 2. The third-order valence-corrected chi connectivity index (χ3v) is 4.01. The number of rotatable bonds is 3. The Morgan fingerprint density at radius 1 is 1.26 bits per heavy atom. The first kappa shape index (κ1) is 13.6. The van der Waals surface area contributed by atoms with Gasteiger partial charge in [-0.15, -0.1) is 0 Å². The van der Waals surface area contributed by atoms with E-state index in [1.54, 1.807) is 12.1 Å². The molecule has 1 aromatic heterocycles. The molecule has 0 saturated carbocycles. The summed E-state index contributed by atoms with van der Waals surface area (Å²) >= 11 is 0. The molecule has 0 amide bonds. The average Bonchev–Trinajstić information content (AvgIpc) is 3.10. The number of fused-ring (bicyclic) bond motifs is 2. The van der Waals surface area contributed by atoms with Crippen LogP contribution in [0.25, 0.3) is 11.0 Å². The summed E-state index contributed by atoms with van der Waals surface area (Å²) in [5.41, 5.74) is 2.74. The van der Waals surface area contributed by atoms with Gasteiger partial charge in [0.25, 0.3) is 0 Å². The number of ether oxygens (including phenoxy) is 2. The van der Waals surface area contributed by atoms with E-state index in [4.69, 9.17) is 9.47 Å². The van der Waals surface area contributed by atoms with Crippen LogP contribution in [0.4, 0.5) is 0 Å². The predicted molar refractivity (Wildman–Crippen MR) is 83.1 cm³/mol. The third-order valence-electron chi connectivity index (χ3n) is 4.01. The summed E-state index contributed by atoms with van der Waals surface area (Å²) in [6.45, 7) is 2.55. The lowest BCUT2D eigenvalue weighted by molar-refractivity contribution is 0.0695. The van der Waals surface area contributed by atoms with Crippen molar-refractivity contribution in [2.45, 2.75) is 13.5 Å². The van der Waals surface area contributed by atoms with Crippen LogP contribution in [0.3, 0.4) is 0 Å². The second-order valence-corrected chi connectivity index (χ2v) is 5.40. The number of nitrogens with zero attached hydrogens (tertiary/aromatic N) is 2. The number of hydrogen-bond acceptors (Lipinski definition) is 4. The van der Waals surface area contributed by atoms with Gasteiger partial charge in [0.1, 0.15) is 5.82 Å². The van der Waals surface area contributed by atoms with Gasteiger partial charge in [0.15, 0.2) is 11.5 Å². The molecule has 1 aliphatic rings. The van der Waals surface area contributed by atoms with Crippen LogP contribution in [0, 0.1) is 6.92 Å². The van der Waals surface area contributed by atoms with Crippen LogP contribution in [-0.2, 0) is 6.54 Å². The van der Waals surface area contributed by atoms with Crippen molar-refractivity contribution in [2.75, 3.05) is 6.79 Å². The van der Waals surface area contributed by atoms with Crippen molar-refractivity contribution in [3.63, 3.8) is 0 Å². The lowest BCUT2D eigenvalue weighted by Gasteiger charge is -2.10. The molecule has 1 N–H and O–H groups in total. The van der Waals surface area contributed by atoms with Crippen molar-refractivity contribution in [1.82, 2.24) is 9.55 Å². The Bertz CT molecular complexity index is 930. The molecule has 0 aliphatic carbocycles. The van der Waals surface area contributed by atoms with Crippen molar-refractivity contribution in [2.24, 2.45) is 0 Å². The minimum absolute atomic E-state index is 0.211. The van der Waals surface area contributed by atoms with Crippen molar-refractivity contribution < 1.29 is 19.4 Å². The lowest BCUT2D eigenvalue weighted by Crippen LogP contribution is -2.08. The van der Waals surface area contributed by atoms with Crippen LogP contribution in [0.15, 0.2) is 36.4 Å². The van der Waals surface area contributed by atoms with Gasteiger partial charge in [-0.05, 0) is 18.6 Å². The minimum atomic E-state index is -0.930. The zero-order valence-corrected chi connectivity index (χ0v) is 12.4. The SMILES string of the molecule is Cc1nc2cc3c(cc2n1Cc1ccccc1C(=O)O)OCO3. The molecule has 0 spiro atoms. The molecule has 116 valence electrons. The molecule has 0 radical (unpaired) electrons. The molecule has 2 heterocycles. The van der Waals surface area contributed by atoms with E-state index in [0.717, 1.165) is 22.4 Å². The highest BCUT2D eigenvalue weighted by Gasteiger charge is 2.19. The average molecular weight is 310 g/mol.